The Morgan fingerprint density at radius 3 is 2.80 bits per heavy atom. The number of rotatable bonds is 4. The van der Waals surface area contributed by atoms with E-state index in [1.54, 1.807) is 18.2 Å². The van der Waals surface area contributed by atoms with E-state index in [9.17, 15) is 9.59 Å². The van der Waals surface area contributed by atoms with Crippen LogP contribution in [0.2, 0.25) is 0 Å². The summed E-state index contributed by atoms with van der Waals surface area (Å²) in [5, 5.41) is 4.56. The molecule has 0 amide bonds. The van der Waals surface area contributed by atoms with Crippen LogP contribution < -0.4 is 5.63 Å². The average molecular weight is 273 g/mol. The standard InChI is InChI=1S/C15H15NO4/c1-3-6-13(16-20-10(2)17)12-9-11-7-4-5-8-14(11)19-15(12)18/h4-5,7-9H,3,6H2,1-2H3/b16-13+. The number of hydrogen-bond donors (Lipinski definition) is 0. The van der Waals surface area contributed by atoms with Crippen molar-refractivity contribution >= 4 is 22.7 Å². The number of fused-ring (bicyclic) bond motifs is 1. The predicted octanol–water partition coefficient (Wildman–Crippen LogP) is 2.86. The molecule has 20 heavy (non-hydrogen) atoms. The first-order chi connectivity index (χ1) is 9.61. The van der Waals surface area contributed by atoms with Gasteiger partial charge in [-0.15, -0.1) is 0 Å². The Labute approximate surface area is 115 Å². The van der Waals surface area contributed by atoms with E-state index in [1.807, 2.05) is 19.1 Å². The monoisotopic (exact) mass is 273 g/mol. The van der Waals surface area contributed by atoms with Gasteiger partial charge in [0.05, 0.1) is 11.3 Å². The summed E-state index contributed by atoms with van der Waals surface area (Å²) < 4.78 is 5.25. The molecule has 104 valence electrons. The van der Waals surface area contributed by atoms with Crippen LogP contribution in [0.1, 0.15) is 32.3 Å². The van der Waals surface area contributed by atoms with E-state index in [0.29, 0.717) is 23.3 Å². The van der Waals surface area contributed by atoms with Crippen molar-refractivity contribution < 1.29 is 14.0 Å². The quantitative estimate of drug-likeness (QED) is 0.372. The van der Waals surface area contributed by atoms with Crippen LogP contribution in [0.5, 0.6) is 0 Å². The largest absolute Gasteiger partial charge is 0.422 e. The zero-order valence-electron chi connectivity index (χ0n) is 11.4. The van der Waals surface area contributed by atoms with Gasteiger partial charge in [-0.2, -0.15) is 0 Å². The molecule has 0 bridgehead atoms. The van der Waals surface area contributed by atoms with Crippen LogP contribution in [0.15, 0.2) is 44.7 Å². The fraction of sp³-hybridized carbons (Fsp3) is 0.267. The van der Waals surface area contributed by atoms with Crippen molar-refractivity contribution in [3.63, 3.8) is 0 Å². The molecule has 1 aromatic heterocycles. The lowest BCUT2D eigenvalue weighted by Gasteiger charge is -2.04. The summed E-state index contributed by atoms with van der Waals surface area (Å²) in [6.07, 6.45) is 1.29. The van der Waals surface area contributed by atoms with E-state index in [0.717, 1.165) is 11.8 Å². The maximum absolute atomic E-state index is 12.0. The van der Waals surface area contributed by atoms with Crippen LogP contribution in [0, 0.1) is 0 Å². The normalized spacial score (nSPS) is 11.6. The van der Waals surface area contributed by atoms with Gasteiger partial charge in [0.2, 0.25) is 0 Å². The zero-order valence-corrected chi connectivity index (χ0v) is 11.4. The highest BCUT2D eigenvalue weighted by Crippen LogP contribution is 2.14. The Hall–Kier alpha value is -2.43. The lowest BCUT2D eigenvalue weighted by Crippen LogP contribution is -2.15. The van der Waals surface area contributed by atoms with Crippen LogP contribution >= 0.6 is 0 Å². The third kappa shape index (κ3) is 3.12. The topological polar surface area (TPSA) is 68.9 Å². The van der Waals surface area contributed by atoms with E-state index in [2.05, 4.69) is 9.99 Å². The highest BCUT2D eigenvalue weighted by molar-refractivity contribution is 6.02. The minimum Gasteiger partial charge on any atom is -0.422 e. The third-order valence-corrected chi connectivity index (χ3v) is 2.72. The highest BCUT2D eigenvalue weighted by Gasteiger charge is 2.12. The molecule has 0 N–H and O–H groups in total. The highest BCUT2D eigenvalue weighted by atomic mass is 16.7. The van der Waals surface area contributed by atoms with Crippen LogP contribution in [0.4, 0.5) is 0 Å². The number of carbonyl (C=O) groups excluding carboxylic acids is 1. The first kappa shape index (κ1) is 14.0. The van der Waals surface area contributed by atoms with E-state index in [1.165, 1.54) is 6.92 Å². The summed E-state index contributed by atoms with van der Waals surface area (Å²) in [6, 6.07) is 8.93. The summed E-state index contributed by atoms with van der Waals surface area (Å²) in [4.78, 5) is 27.5. The maximum atomic E-state index is 12.0. The fourth-order valence-corrected chi connectivity index (χ4v) is 1.85. The second-order valence-electron chi connectivity index (χ2n) is 4.36. The second-order valence-corrected chi connectivity index (χ2v) is 4.36. The van der Waals surface area contributed by atoms with Crippen molar-refractivity contribution in [3.05, 3.63) is 46.3 Å². The maximum Gasteiger partial charge on any atom is 0.345 e. The first-order valence-corrected chi connectivity index (χ1v) is 6.39. The van der Waals surface area contributed by atoms with E-state index >= 15 is 0 Å². The molecule has 0 aliphatic carbocycles. The summed E-state index contributed by atoms with van der Waals surface area (Å²) in [7, 11) is 0. The third-order valence-electron chi connectivity index (χ3n) is 2.72. The zero-order chi connectivity index (χ0) is 14.5. The average Bonchev–Trinajstić information content (AvgIpc) is 2.42. The summed E-state index contributed by atoms with van der Waals surface area (Å²) in [5.41, 5.74) is 0.779. The molecular formula is C15H15NO4. The van der Waals surface area contributed by atoms with Crippen LogP contribution in [0.3, 0.4) is 0 Å². The lowest BCUT2D eigenvalue weighted by atomic mass is 10.1. The molecule has 0 aliphatic rings. The number of benzene rings is 1. The van der Waals surface area contributed by atoms with Crippen molar-refractivity contribution in [3.8, 4) is 0 Å². The molecule has 0 unspecified atom stereocenters. The molecule has 0 fully saturated rings. The predicted molar refractivity (Wildman–Crippen MR) is 75.7 cm³/mol. The summed E-state index contributed by atoms with van der Waals surface area (Å²) in [5.74, 6) is -0.524. The van der Waals surface area contributed by atoms with E-state index < -0.39 is 11.6 Å². The number of carbonyl (C=O) groups is 1. The summed E-state index contributed by atoms with van der Waals surface area (Å²) >= 11 is 0. The molecular weight excluding hydrogens is 258 g/mol. The van der Waals surface area contributed by atoms with E-state index in [4.69, 9.17) is 4.42 Å². The van der Waals surface area contributed by atoms with Gasteiger partial charge >= 0.3 is 11.6 Å². The number of oxime groups is 1. The van der Waals surface area contributed by atoms with Crippen molar-refractivity contribution in [2.45, 2.75) is 26.7 Å². The Morgan fingerprint density at radius 1 is 1.35 bits per heavy atom. The van der Waals surface area contributed by atoms with Gasteiger partial charge in [0.1, 0.15) is 5.58 Å². The molecule has 2 rings (SSSR count). The van der Waals surface area contributed by atoms with Gasteiger partial charge in [-0.1, -0.05) is 36.7 Å². The minimum absolute atomic E-state index is 0.326. The molecule has 2 aromatic rings. The first-order valence-electron chi connectivity index (χ1n) is 6.39. The van der Waals surface area contributed by atoms with Gasteiger partial charge in [-0.05, 0) is 18.6 Å². The van der Waals surface area contributed by atoms with Gasteiger partial charge in [0, 0.05) is 12.3 Å². The molecule has 0 atom stereocenters. The van der Waals surface area contributed by atoms with Gasteiger partial charge in [0.15, 0.2) is 0 Å². The number of para-hydroxylation sites is 1. The molecule has 0 radical (unpaired) electrons. The van der Waals surface area contributed by atoms with Crippen LogP contribution in [0.25, 0.3) is 11.0 Å². The Morgan fingerprint density at radius 2 is 2.10 bits per heavy atom. The van der Waals surface area contributed by atoms with Crippen molar-refractivity contribution in [2.24, 2.45) is 5.16 Å². The smallest absolute Gasteiger partial charge is 0.345 e. The van der Waals surface area contributed by atoms with Gasteiger partial charge in [-0.25, -0.2) is 9.59 Å². The Kier molecular flexibility index (Phi) is 4.30. The molecule has 0 spiro atoms. The second kappa shape index (κ2) is 6.14. The Balaban J connectivity index is 2.52. The summed E-state index contributed by atoms with van der Waals surface area (Å²) in [6.45, 7) is 3.21. The van der Waals surface area contributed by atoms with Crippen LogP contribution in [-0.2, 0) is 9.63 Å². The lowest BCUT2D eigenvalue weighted by molar-refractivity contribution is -0.140. The van der Waals surface area contributed by atoms with Gasteiger partial charge < -0.3 is 9.25 Å². The molecule has 0 aliphatic heterocycles. The van der Waals surface area contributed by atoms with Gasteiger partial charge in [-0.3, -0.25) is 0 Å². The molecule has 0 saturated heterocycles. The minimum atomic E-state index is -0.524. The molecule has 5 heteroatoms. The molecule has 5 nitrogen and oxygen atoms in total. The number of nitrogens with zero attached hydrogens (tertiary/aromatic N) is 1. The van der Waals surface area contributed by atoms with Crippen molar-refractivity contribution in [1.29, 1.82) is 0 Å². The fourth-order valence-electron chi connectivity index (χ4n) is 1.85. The Bertz CT molecular complexity index is 715. The molecule has 1 aromatic carbocycles. The van der Waals surface area contributed by atoms with Crippen molar-refractivity contribution in [1.82, 2.24) is 0 Å². The molecule has 1 heterocycles. The van der Waals surface area contributed by atoms with Gasteiger partial charge in [0.25, 0.3) is 0 Å². The van der Waals surface area contributed by atoms with Crippen molar-refractivity contribution in [2.75, 3.05) is 0 Å². The SMILES string of the molecule is CCC/C(=N\OC(C)=O)c1cc2ccccc2oc1=O. The van der Waals surface area contributed by atoms with E-state index in [-0.39, 0.29) is 0 Å². The van der Waals surface area contributed by atoms with Crippen LogP contribution in [-0.4, -0.2) is 11.7 Å². The number of hydrogen-bond acceptors (Lipinski definition) is 5. The molecule has 0 saturated carbocycles.